The molecule has 116 valence electrons. The Hall–Kier alpha value is -0.620. The molecule has 1 heterocycles. The van der Waals surface area contributed by atoms with E-state index in [1.807, 2.05) is 6.92 Å². The lowest BCUT2D eigenvalue weighted by Gasteiger charge is -2.29. The molecule has 6 heteroatoms. The average molecular weight is 303 g/mol. The Morgan fingerprint density at radius 1 is 1.30 bits per heavy atom. The highest BCUT2D eigenvalue weighted by Crippen LogP contribution is 2.24. The predicted molar refractivity (Wildman–Crippen MR) is 77.2 cm³/mol. The van der Waals surface area contributed by atoms with Crippen LogP contribution in [0.1, 0.15) is 45.4 Å². The summed E-state index contributed by atoms with van der Waals surface area (Å²) in [6.07, 6.45) is 5.37. The van der Waals surface area contributed by atoms with Gasteiger partial charge < -0.3 is 9.64 Å². The molecule has 0 aromatic carbocycles. The van der Waals surface area contributed by atoms with Crippen molar-refractivity contribution in [1.82, 2.24) is 4.90 Å². The molecule has 1 aliphatic heterocycles. The van der Waals surface area contributed by atoms with E-state index in [1.165, 1.54) is 12.8 Å². The van der Waals surface area contributed by atoms with Crippen LogP contribution < -0.4 is 0 Å². The lowest BCUT2D eigenvalue weighted by atomic mass is 10.1. The molecule has 1 aliphatic carbocycles. The molecule has 0 aromatic rings. The maximum absolute atomic E-state index is 12.5. The van der Waals surface area contributed by atoms with Crippen LogP contribution in [0.5, 0.6) is 0 Å². The quantitative estimate of drug-likeness (QED) is 0.769. The number of likely N-dealkylation sites (N-methyl/N-ethyl adjacent to an activating group) is 1. The fourth-order valence-corrected chi connectivity index (χ4v) is 4.85. The number of nitrogens with zero attached hydrogens (tertiary/aromatic N) is 1. The smallest absolute Gasteiger partial charge is 0.251 e. The molecule has 2 aliphatic rings. The molecular weight excluding hydrogens is 278 g/mol. The molecule has 0 aromatic heterocycles. The van der Waals surface area contributed by atoms with E-state index in [4.69, 9.17) is 4.74 Å². The number of carbonyl (C=O) groups excluding carboxylic acids is 1. The molecule has 1 saturated heterocycles. The fraction of sp³-hybridized carbons (Fsp3) is 0.929. The van der Waals surface area contributed by atoms with Crippen LogP contribution in [-0.4, -0.2) is 56.0 Å². The molecule has 20 heavy (non-hydrogen) atoms. The first-order valence-electron chi connectivity index (χ1n) is 7.55. The number of hydrogen-bond acceptors (Lipinski definition) is 4. The first-order chi connectivity index (χ1) is 9.43. The van der Waals surface area contributed by atoms with Crippen LogP contribution in [0.4, 0.5) is 0 Å². The summed E-state index contributed by atoms with van der Waals surface area (Å²) in [5, 5.41) is 0. The largest absolute Gasteiger partial charge is 0.365 e. The Morgan fingerprint density at radius 2 is 1.95 bits per heavy atom. The summed E-state index contributed by atoms with van der Waals surface area (Å²) in [5.41, 5.74) is 0. The van der Waals surface area contributed by atoms with Gasteiger partial charge in [-0.2, -0.15) is 0 Å². The molecule has 1 saturated carbocycles. The second-order valence-electron chi connectivity index (χ2n) is 5.95. The van der Waals surface area contributed by atoms with E-state index in [1.54, 1.807) is 11.9 Å². The average Bonchev–Trinajstić information content (AvgIpc) is 3.03. The normalized spacial score (nSPS) is 27.6. The molecular formula is C14H25NO4S. The third kappa shape index (κ3) is 3.73. The Labute approximate surface area is 121 Å². The van der Waals surface area contributed by atoms with Crippen LogP contribution in [0.25, 0.3) is 0 Å². The minimum absolute atomic E-state index is 0.0681. The van der Waals surface area contributed by atoms with Crippen LogP contribution in [0, 0.1) is 0 Å². The molecule has 1 amide bonds. The van der Waals surface area contributed by atoms with Gasteiger partial charge in [0.2, 0.25) is 0 Å². The van der Waals surface area contributed by atoms with Crippen molar-refractivity contribution >= 4 is 15.7 Å². The van der Waals surface area contributed by atoms with Crippen molar-refractivity contribution in [3.63, 3.8) is 0 Å². The van der Waals surface area contributed by atoms with E-state index in [0.29, 0.717) is 12.8 Å². The summed E-state index contributed by atoms with van der Waals surface area (Å²) in [5.74, 6) is 0.214. The number of sulfone groups is 1. The van der Waals surface area contributed by atoms with Crippen molar-refractivity contribution in [3.05, 3.63) is 0 Å². The van der Waals surface area contributed by atoms with Crippen molar-refractivity contribution < 1.29 is 17.9 Å². The lowest BCUT2D eigenvalue weighted by molar-refractivity contribution is -0.148. The zero-order chi connectivity index (χ0) is 14.8. The van der Waals surface area contributed by atoms with E-state index < -0.39 is 15.9 Å². The molecule has 2 atom stereocenters. The van der Waals surface area contributed by atoms with Crippen LogP contribution in [0.15, 0.2) is 0 Å². The van der Waals surface area contributed by atoms with Gasteiger partial charge in [-0.3, -0.25) is 4.79 Å². The maximum Gasteiger partial charge on any atom is 0.251 e. The monoisotopic (exact) mass is 303 g/mol. The maximum atomic E-state index is 12.5. The third-order valence-corrected chi connectivity index (χ3v) is 6.16. The van der Waals surface area contributed by atoms with Crippen molar-refractivity contribution in [2.75, 3.05) is 18.6 Å². The van der Waals surface area contributed by atoms with Crippen molar-refractivity contribution in [3.8, 4) is 0 Å². The van der Waals surface area contributed by atoms with Crippen LogP contribution in [0.2, 0.25) is 0 Å². The van der Waals surface area contributed by atoms with Crippen molar-refractivity contribution in [2.24, 2.45) is 0 Å². The molecule has 0 bridgehead atoms. The molecule has 2 fully saturated rings. The minimum atomic E-state index is -2.96. The molecule has 5 nitrogen and oxygen atoms in total. The van der Waals surface area contributed by atoms with Crippen molar-refractivity contribution in [2.45, 2.75) is 63.7 Å². The molecule has 2 rings (SSSR count). The van der Waals surface area contributed by atoms with Crippen LogP contribution in [-0.2, 0) is 19.4 Å². The standard InChI is InChI=1S/C14H25NO4S/c1-3-13(19-12-6-4-5-7-12)14(16)15(2)11-8-9-20(17,18)10-11/h11-13H,3-10H2,1-2H3/t11-,13-/m1/s1. The van der Waals surface area contributed by atoms with Crippen molar-refractivity contribution in [1.29, 1.82) is 0 Å². The number of ether oxygens (including phenoxy) is 1. The summed E-state index contributed by atoms with van der Waals surface area (Å²) in [6.45, 7) is 1.94. The van der Waals surface area contributed by atoms with Gasteiger partial charge in [-0.05, 0) is 25.7 Å². The zero-order valence-electron chi connectivity index (χ0n) is 12.4. The topological polar surface area (TPSA) is 63.7 Å². The molecule has 0 spiro atoms. The van der Waals surface area contributed by atoms with Gasteiger partial charge in [0.25, 0.3) is 5.91 Å². The summed E-state index contributed by atoms with van der Waals surface area (Å²) >= 11 is 0. The Balaban J connectivity index is 1.93. The highest BCUT2D eigenvalue weighted by molar-refractivity contribution is 7.91. The lowest BCUT2D eigenvalue weighted by Crippen LogP contribution is -2.45. The summed E-state index contributed by atoms with van der Waals surface area (Å²) < 4.78 is 28.9. The van der Waals surface area contributed by atoms with Crippen LogP contribution >= 0.6 is 0 Å². The minimum Gasteiger partial charge on any atom is -0.365 e. The zero-order valence-corrected chi connectivity index (χ0v) is 13.2. The van der Waals surface area contributed by atoms with Gasteiger partial charge in [-0.1, -0.05) is 19.8 Å². The van der Waals surface area contributed by atoms with Crippen LogP contribution in [0.3, 0.4) is 0 Å². The van der Waals surface area contributed by atoms with Gasteiger partial charge in [0.05, 0.1) is 17.6 Å². The highest BCUT2D eigenvalue weighted by atomic mass is 32.2. The van der Waals surface area contributed by atoms with Gasteiger partial charge in [-0.15, -0.1) is 0 Å². The predicted octanol–water partition coefficient (Wildman–Crippen LogP) is 1.37. The molecule has 0 unspecified atom stereocenters. The van der Waals surface area contributed by atoms with Gasteiger partial charge in [0, 0.05) is 13.1 Å². The Kier molecular flexibility index (Phi) is 5.07. The Morgan fingerprint density at radius 3 is 2.45 bits per heavy atom. The van der Waals surface area contributed by atoms with E-state index in [0.717, 1.165) is 12.8 Å². The van der Waals surface area contributed by atoms with Gasteiger partial charge in [0.15, 0.2) is 9.84 Å². The second-order valence-corrected chi connectivity index (χ2v) is 8.17. The van der Waals surface area contributed by atoms with Gasteiger partial charge >= 0.3 is 0 Å². The number of rotatable bonds is 5. The first-order valence-corrected chi connectivity index (χ1v) is 9.37. The third-order valence-electron chi connectivity index (χ3n) is 4.41. The summed E-state index contributed by atoms with van der Waals surface area (Å²) in [4.78, 5) is 14.1. The number of hydrogen-bond donors (Lipinski definition) is 0. The number of carbonyl (C=O) groups is 1. The van der Waals surface area contributed by atoms with E-state index in [2.05, 4.69) is 0 Å². The molecule has 0 N–H and O–H groups in total. The summed E-state index contributed by atoms with van der Waals surface area (Å²) in [7, 11) is -1.26. The Bertz CT molecular complexity index is 442. The van der Waals surface area contributed by atoms with E-state index >= 15 is 0 Å². The SMILES string of the molecule is CC[C@@H](OC1CCCC1)C(=O)N(C)[C@@H]1CCS(=O)(=O)C1. The highest BCUT2D eigenvalue weighted by Gasteiger charge is 2.35. The fourth-order valence-electron chi connectivity index (χ4n) is 3.07. The second kappa shape index (κ2) is 6.43. The number of amides is 1. The van der Waals surface area contributed by atoms with E-state index in [-0.39, 0.29) is 29.6 Å². The van der Waals surface area contributed by atoms with Gasteiger partial charge in [-0.25, -0.2) is 8.42 Å². The van der Waals surface area contributed by atoms with Gasteiger partial charge in [0.1, 0.15) is 6.10 Å². The summed E-state index contributed by atoms with van der Waals surface area (Å²) in [6, 6.07) is -0.186. The van der Waals surface area contributed by atoms with E-state index in [9.17, 15) is 13.2 Å². The molecule has 0 radical (unpaired) electrons. The first kappa shape index (κ1) is 15.8.